The van der Waals surface area contributed by atoms with Crippen molar-refractivity contribution in [3.63, 3.8) is 0 Å². The molecule has 1 fully saturated rings. The molecule has 0 radical (unpaired) electrons. The van der Waals surface area contributed by atoms with Crippen LogP contribution in [0.25, 0.3) is 5.52 Å². The Bertz CT molecular complexity index is 1230. The van der Waals surface area contributed by atoms with Gasteiger partial charge in [-0.15, -0.1) is 5.10 Å². The van der Waals surface area contributed by atoms with Crippen LogP contribution in [0, 0.1) is 11.3 Å². The van der Waals surface area contributed by atoms with Crippen LogP contribution in [0.1, 0.15) is 35.3 Å². The Morgan fingerprint density at radius 1 is 1.14 bits per heavy atom. The molecule has 4 N–H and O–H groups in total. The summed E-state index contributed by atoms with van der Waals surface area (Å²) in [6, 6.07) is 16.8. The summed E-state index contributed by atoms with van der Waals surface area (Å²) in [4.78, 5) is 21.7. The molecule has 1 amide bonds. The Balaban J connectivity index is 0.000000429. The standard InChI is InChI=1S/C21H22N6O.C2HF3O2/c22-13-15-5-1-2-7-18(15)25-21(28)19-10-8-17-9-11-20(26-27(17)19)24-16-6-3-4-12-23-14-16;3-2(4,5)1(6)7/h1-2,5,7-11,16,23H,3-4,6,12,14H2,(H,24,26)(H,25,28);(H,6,7)/t16-;/m0./s1. The number of halogens is 3. The minimum Gasteiger partial charge on any atom is -0.475 e. The number of anilines is 2. The lowest BCUT2D eigenvalue weighted by Crippen LogP contribution is -2.31. The minimum absolute atomic E-state index is 0.302. The molecule has 0 saturated carbocycles. The number of amides is 1. The van der Waals surface area contributed by atoms with Gasteiger partial charge in [0.05, 0.1) is 16.8 Å². The summed E-state index contributed by atoms with van der Waals surface area (Å²) in [5.74, 6) is -2.32. The lowest BCUT2D eigenvalue weighted by Gasteiger charge is -2.17. The van der Waals surface area contributed by atoms with Crippen molar-refractivity contribution in [2.75, 3.05) is 23.7 Å². The first kappa shape index (κ1) is 25.5. The Morgan fingerprint density at radius 2 is 1.86 bits per heavy atom. The molecule has 9 nitrogen and oxygen atoms in total. The number of carbonyl (C=O) groups excluding carboxylic acids is 1. The number of nitrogens with zero attached hydrogens (tertiary/aromatic N) is 3. The van der Waals surface area contributed by atoms with Gasteiger partial charge in [-0.3, -0.25) is 4.79 Å². The van der Waals surface area contributed by atoms with Crippen molar-refractivity contribution in [3.8, 4) is 6.07 Å². The van der Waals surface area contributed by atoms with Crippen LogP contribution in [0.15, 0.2) is 48.5 Å². The van der Waals surface area contributed by atoms with Crippen LogP contribution < -0.4 is 16.0 Å². The third-order valence-corrected chi connectivity index (χ3v) is 5.17. The zero-order valence-electron chi connectivity index (χ0n) is 18.5. The largest absolute Gasteiger partial charge is 0.490 e. The zero-order chi connectivity index (χ0) is 25.4. The third kappa shape index (κ3) is 6.94. The fourth-order valence-electron chi connectivity index (χ4n) is 3.46. The summed E-state index contributed by atoms with van der Waals surface area (Å²) in [6.07, 6.45) is -1.62. The third-order valence-electron chi connectivity index (χ3n) is 5.17. The van der Waals surface area contributed by atoms with Gasteiger partial charge in [-0.25, -0.2) is 9.31 Å². The molecule has 0 unspecified atom stereocenters. The zero-order valence-corrected chi connectivity index (χ0v) is 18.5. The minimum atomic E-state index is -5.08. The average molecular weight is 488 g/mol. The highest BCUT2D eigenvalue weighted by atomic mass is 19.4. The number of rotatable bonds is 4. The molecule has 1 aliphatic heterocycles. The molecule has 3 heterocycles. The van der Waals surface area contributed by atoms with Gasteiger partial charge in [0.25, 0.3) is 5.91 Å². The van der Waals surface area contributed by atoms with E-state index in [0.717, 1.165) is 30.8 Å². The van der Waals surface area contributed by atoms with Crippen LogP contribution in [0.3, 0.4) is 0 Å². The van der Waals surface area contributed by atoms with Gasteiger partial charge in [0.1, 0.15) is 17.6 Å². The van der Waals surface area contributed by atoms with Gasteiger partial charge in [-0.1, -0.05) is 18.6 Å². The van der Waals surface area contributed by atoms with E-state index in [9.17, 15) is 23.2 Å². The van der Waals surface area contributed by atoms with Gasteiger partial charge in [0.2, 0.25) is 0 Å². The number of para-hydroxylation sites is 1. The summed E-state index contributed by atoms with van der Waals surface area (Å²) in [5, 5.41) is 30.7. The van der Waals surface area contributed by atoms with Crippen LogP contribution in [0.2, 0.25) is 0 Å². The molecule has 1 aromatic carbocycles. The fraction of sp³-hybridized carbons (Fsp3) is 0.304. The van der Waals surface area contributed by atoms with Crippen LogP contribution in [0.4, 0.5) is 24.7 Å². The number of carboxylic acids is 1. The maximum atomic E-state index is 12.8. The number of benzene rings is 1. The quantitative estimate of drug-likeness (QED) is 0.441. The number of hydrogen-bond donors (Lipinski definition) is 4. The first-order valence-electron chi connectivity index (χ1n) is 10.8. The molecule has 0 spiro atoms. The molecule has 0 bridgehead atoms. The summed E-state index contributed by atoms with van der Waals surface area (Å²) in [7, 11) is 0. The van der Waals surface area contributed by atoms with Crippen LogP contribution in [-0.2, 0) is 4.79 Å². The van der Waals surface area contributed by atoms with E-state index in [1.165, 1.54) is 12.8 Å². The highest BCUT2D eigenvalue weighted by Gasteiger charge is 2.38. The SMILES string of the molecule is N#Cc1ccccc1NC(=O)c1ccc2ccc(N[C@H]3CCCCNC3)nn12.O=C(O)C(F)(F)F. The number of hydrogen-bond acceptors (Lipinski definition) is 6. The number of fused-ring (bicyclic) bond motifs is 1. The molecular weight excluding hydrogens is 465 g/mol. The van der Waals surface area contributed by atoms with Crippen molar-refractivity contribution >= 4 is 28.9 Å². The maximum absolute atomic E-state index is 12.8. The number of aromatic nitrogens is 2. The lowest BCUT2D eigenvalue weighted by molar-refractivity contribution is -0.192. The average Bonchev–Trinajstić information content (AvgIpc) is 3.07. The van der Waals surface area contributed by atoms with Crippen molar-refractivity contribution in [3.05, 3.63) is 59.8 Å². The number of alkyl halides is 3. The summed E-state index contributed by atoms with van der Waals surface area (Å²) in [6.45, 7) is 1.96. The second-order valence-corrected chi connectivity index (χ2v) is 7.73. The van der Waals surface area contributed by atoms with Gasteiger partial charge < -0.3 is 21.1 Å². The number of nitrogens with one attached hydrogen (secondary N) is 3. The summed E-state index contributed by atoms with van der Waals surface area (Å²) in [5.41, 5.74) is 2.17. The highest BCUT2D eigenvalue weighted by Crippen LogP contribution is 2.18. The second-order valence-electron chi connectivity index (χ2n) is 7.73. The first-order valence-corrected chi connectivity index (χ1v) is 10.8. The van der Waals surface area contributed by atoms with Crippen LogP contribution in [-0.4, -0.2) is 51.9 Å². The molecule has 12 heteroatoms. The topological polar surface area (TPSA) is 132 Å². The monoisotopic (exact) mass is 488 g/mol. The molecule has 35 heavy (non-hydrogen) atoms. The van der Waals surface area contributed by atoms with E-state index in [-0.39, 0.29) is 5.91 Å². The summed E-state index contributed by atoms with van der Waals surface area (Å²) < 4.78 is 33.4. The van der Waals surface area contributed by atoms with E-state index in [1.54, 1.807) is 34.8 Å². The van der Waals surface area contributed by atoms with E-state index in [0.29, 0.717) is 23.0 Å². The molecule has 1 atom stereocenters. The molecule has 2 aromatic heterocycles. The van der Waals surface area contributed by atoms with E-state index in [4.69, 9.17) is 9.90 Å². The number of carbonyl (C=O) groups is 2. The molecule has 4 rings (SSSR count). The fourth-order valence-corrected chi connectivity index (χ4v) is 3.46. The maximum Gasteiger partial charge on any atom is 0.490 e. The Morgan fingerprint density at radius 3 is 2.57 bits per heavy atom. The van der Waals surface area contributed by atoms with Gasteiger partial charge in [0, 0.05) is 12.6 Å². The van der Waals surface area contributed by atoms with Crippen molar-refractivity contribution in [2.24, 2.45) is 0 Å². The molecule has 1 aliphatic rings. The molecule has 184 valence electrons. The Labute approximate surface area is 198 Å². The smallest absolute Gasteiger partial charge is 0.475 e. The number of nitriles is 1. The van der Waals surface area contributed by atoms with Gasteiger partial charge in [-0.05, 0) is 55.8 Å². The highest BCUT2D eigenvalue weighted by molar-refractivity contribution is 6.04. The molecule has 0 aliphatic carbocycles. The van der Waals surface area contributed by atoms with Crippen molar-refractivity contribution < 1.29 is 27.9 Å². The predicted octanol–water partition coefficient (Wildman–Crippen LogP) is 3.65. The molecule has 3 aromatic rings. The van der Waals surface area contributed by atoms with E-state index < -0.39 is 12.1 Å². The van der Waals surface area contributed by atoms with Crippen LogP contribution >= 0.6 is 0 Å². The van der Waals surface area contributed by atoms with E-state index in [2.05, 4.69) is 27.1 Å². The van der Waals surface area contributed by atoms with Gasteiger partial charge >= 0.3 is 12.1 Å². The first-order chi connectivity index (χ1) is 16.7. The van der Waals surface area contributed by atoms with Crippen molar-refractivity contribution in [1.82, 2.24) is 14.9 Å². The van der Waals surface area contributed by atoms with Gasteiger partial charge in [0.15, 0.2) is 0 Å². The van der Waals surface area contributed by atoms with Gasteiger partial charge in [-0.2, -0.15) is 18.4 Å². The number of carboxylic acid groups (broad SMARTS) is 1. The van der Waals surface area contributed by atoms with Crippen molar-refractivity contribution in [2.45, 2.75) is 31.5 Å². The van der Waals surface area contributed by atoms with Crippen LogP contribution in [0.5, 0.6) is 0 Å². The Hall–Kier alpha value is -4.11. The van der Waals surface area contributed by atoms with Crippen molar-refractivity contribution in [1.29, 1.82) is 5.26 Å². The van der Waals surface area contributed by atoms with E-state index in [1.807, 2.05) is 18.2 Å². The molecule has 1 saturated heterocycles. The summed E-state index contributed by atoms with van der Waals surface area (Å²) >= 11 is 0. The Kier molecular flexibility index (Phi) is 8.27. The normalized spacial score (nSPS) is 15.8. The number of aliphatic carboxylic acids is 1. The van der Waals surface area contributed by atoms with E-state index >= 15 is 0 Å². The molecular formula is C23H23F3N6O3. The predicted molar refractivity (Wildman–Crippen MR) is 122 cm³/mol. The lowest BCUT2D eigenvalue weighted by atomic mass is 10.1. The second kappa shape index (κ2) is 11.3.